The lowest BCUT2D eigenvalue weighted by Gasteiger charge is -2.32. The molecule has 0 atom stereocenters. The fourth-order valence-corrected chi connectivity index (χ4v) is 1.38. The molecule has 10 nitrogen and oxygen atoms in total. The Bertz CT molecular complexity index is 577. The minimum Gasteiger partial charge on any atom is -0.352 e. The smallest absolute Gasteiger partial charge is 0.258 e. The Kier molecular flexibility index (Phi) is 4.29. The van der Waals surface area contributed by atoms with Gasteiger partial charge in [-0.2, -0.15) is 24.7 Å². The molecule has 114 valence electrons. The molecule has 10 heteroatoms. The number of aromatic nitrogens is 6. The van der Waals surface area contributed by atoms with Crippen molar-refractivity contribution in [1.82, 2.24) is 34.6 Å². The first-order chi connectivity index (χ1) is 9.92. The van der Waals surface area contributed by atoms with Crippen LogP contribution in [0.15, 0.2) is 12.7 Å². The first-order valence-electron chi connectivity index (χ1n) is 6.41. The average molecular weight is 292 g/mol. The lowest BCUT2D eigenvalue weighted by atomic mass is 10.1. The summed E-state index contributed by atoms with van der Waals surface area (Å²) in [4.78, 5) is 18.6. The summed E-state index contributed by atoms with van der Waals surface area (Å²) < 4.78 is 1.44. The molecule has 0 amide bonds. The van der Waals surface area contributed by atoms with Gasteiger partial charge in [0.25, 0.3) is 5.95 Å². The van der Waals surface area contributed by atoms with Crippen molar-refractivity contribution in [3.63, 3.8) is 0 Å². The third-order valence-corrected chi connectivity index (χ3v) is 3.27. The maximum absolute atomic E-state index is 5.39. The van der Waals surface area contributed by atoms with Crippen molar-refractivity contribution in [3.05, 3.63) is 12.7 Å². The molecule has 0 fully saturated rings. The van der Waals surface area contributed by atoms with Crippen LogP contribution in [0.1, 0.15) is 13.8 Å². The van der Waals surface area contributed by atoms with Crippen LogP contribution in [0.3, 0.4) is 0 Å². The van der Waals surface area contributed by atoms with E-state index in [1.807, 2.05) is 14.1 Å². The Morgan fingerprint density at radius 3 is 2.52 bits per heavy atom. The van der Waals surface area contributed by atoms with Crippen molar-refractivity contribution in [1.29, 1.82) is 0 Å². The van der Waals surface area contributed by atoms with Gasteiger partial charge in [-0.25, -0.2) is 10.8 Å². The van der Waals surface area contributed by atoms with E-state index in [1.54, 1.807) is 0 Å². The molecule has 0 bridgehead atoms. The third-order valence-electron chi connectivity index (χ3n) is 3.27. The van der Waals surface area contributed by atoms with Crippen molar-refractivity contribution in [2.45, 2.75) is 19.4 Å². The van der Waals surface area contributed by atoms with Gasteiger partial charge in [0, 0.05) is 12.1 Å². The lowest BCUT2D eigenvalue weighted by molar-refractivity contribution is 0.209. The number of anilines is 2. The highest BCUT2D eigenvalue weighted by molar-refractivity contribution is 5.37. The van der Waals surface area contributed by atoms with Gasteiger partial charge in [-0.15, -0.1) is 0 Å². The van der Waals surface area contributed by atoms with Gasteiger partial charge >= 0.3 is 0 Å². The van der Waals surface area contributed by atoms with E-state index in [0.29, 0.717) is 18.4 Å². The number of nitrogens with one attached hydrogen (secondary N) is 2. The SMILES string of the molecule is CN(C)C(C)(C)CNc1nc(NN)nc(-n2cncn2)n1. The van der Waals surface area contributed by atoms with E-state index in [0.717, 1.165) is 0 Å². The zero-order valence-corrected chi connectivity index (χ0v) is 12.6. The van der Waals surface area contributed by atoms with Crippen LogP contribution in [0, 0.1) is 0 Å². The van der Waals surface area contributed by atoms with Gasteiger partial charge in [-0.3, -0.25) is 5.43 Å². The van der Waals surface area contributed by atoms with E-state index in [1.165, 1.54) is 17.3 Å². The summed E-state index contributed by atoms with van der Waals surface area (Å²) in [5, 5.41) is 7.17. The van der Waals surface area contributed by atoms with Crippen LogP contribution in [0.4, 0.5) is 11.9 Å². The van der Waals surface area contributed by atoms with Crippen LogP contribution in [0.25, 0.3) is 5.95 Å². The highest BCUT2D eigenvalue weighted by Crippen LogP contribution is 2.12. The van der Waals surface area contributed by atoms with Crippen LogP contribution in [0.2, 0.25) is 0 Å². The van der Waals surface area contributed by atoms with Crippen LogP contribution >= 0.6 is 0 Å². The van der Waals surface area contributed by atoms with E-state index in [2.05, 4.69) is 54.5 Å². The van der Waals surface area contributed by atoms with Crippen molar-refractivity contribution < 1.29 is 0 Å². The summed E-state index contributed by atoms with van der Waals surface area (Å²) >= 11 is 0. The normalized spacial score (nSPS) is 11.7. The minimum absolute atomic E-state index is 0.0592. The Labute approximate surface area is 122 Å². The Morgan fingerprint density at radius 1 is 1.24 bits per heavy atom. The second-order valence-corrected chi connectivity index (χ2v) is 5.33. The molecule has 2 aromatic heterocycles. The van der Waals surface area contributed by atoms with E-state index >= 15 is 0 Å². The second kappa shape index (κ2) is 5.97. The van der Waals surface area contributed by atoms with E-state index in [-0.39, 0.29) is 11.5 Å². The van der Waals surface area contributed by atoms with Gasteiger partial charge < -0.3 is 10.2 Å². The topological polar surface area (TPSA) is 123 Å². The van der Waals surface area contributed by atoms with E-state index in [9.17, 15) is 0 Å². The number of nitrogens with zero attached hydrogens (tertiary/aromatic N) is 7. The number of hydrogen-bond donors (Lipinski definition) is 3. The monoisotopic (exact) mass is 292 g/mol. The molecule has 0 saturated heterocycles. The Balaban J connectivity index is 2.22. The van der Waals surface area contributed by atoms with Gasteiger partial charge in [0.15, 0.2) is 0 Å². The average Bonchev–Trinajstić information content (AvgIpc) is 2.99. The predicted octanol–water partition coefficient (Wildman–Crippen LogP) is -0.510. The van der Waals surface area contributed by atoms with Gasteiger partial charge in [-0.1, -0.05) is 0 Å². The molecule has 2 rings (SSSR count). The molecule has 0 radical (unpaired) electrons. The van der Waals surface area contributed by atoms with Crippen molar-refractivity contribution >= 4 is 11.9 Å². The molecule has 0 saturated carbocycles. The zero-order chi connectivity index (χ0) is 15.5. The number of hydrazine groups is 1. The minimum atomic E-state index is -0.0592. The molecule has 0 aromatic carbocycles. The predicted molar refractivity (Wildman–Crippen MR) is 78.8 cm³/mol. The summed E-state index contributed by atoms with van der Waals surface area (Å²) in [5.74, 6) is 6.39. The van der Waals surface area contributed by atoms with Crippen molar-refractivity contribution in [2.75, 3.05) is 31.4 Å². The van der Waals surface area contributed by atoms with Crippen LogP contribution < -0.4 is 16.6 Å². The highest BCUT2D eigenvalue weighted by Gasteiger charge is 2.20. The molecule has 4 N–H and O–H groups in total. The fourth-order valence-electron chi connectivity index (χ4n) is 1.38. The number of likely N-dealkylation sites (N-methyl/N-ethyl adjacent to an activating group) is 1. The zero-order valence-electron chi connectivity index (χ0n) is 12.6. The number of hydrogen-bond acceptors (Lipinski definition) is 9. The van der Waals surface area contributed by atoms with Crippen molar-refractivity contribution in [3.8, 4) is 5.95 Å². The largest absolute Gasteiger partial charge is 0.352 e. The first-order valence-corrected chi connectivity index (χ1v) is 6.41. The second-order valence-electron chi connectivity index (χ2n) is 5.33. The summed E-state index contributed by atoms with van der Waals surface area (Å²) in [5.41, 5.74) is 2.36. The van der Waals surface area contributed by atoms with Gasteiger partial charge in [-0.05, 0) is 27.9 Å². The molecule has 21 heavy (non-hydrogen) atoms. The van der Waals surface area contributed by atoms with Crippen LogP contribution in [0.5, 0.6) is 0 Å². The molecular formula is C11H20N10. The van der Waals surface area contributed by atoms with Crippen LogP contribution in [-0.2, 0) is 0 Å². The molecule has 2 heterocycles. The standard InChI is InChI=1S/C11H20N10/c1-11(2,20(3)4)5-14-8-16-9(19-12)18-10(17-8)21-7-13-6-15-21/h6-7H,5,12H2,1-4H3,(H2,14,16,17,18,19). The fraction of sp³-hybridized carbons (Fsp3) is 0.545. The summed E-state index contributed by atoms with van der Waals surface area (Å²) in [7, 11) is 4.03. The van der Waals surface area contributed by atoms with Gasteiger partial charge in [0.1, 0.15) is 12.7 Å². The molecule has 0 aliphatic carbocycles. The molecule has 0 aliphatic heterocycles. The maximum Gasteiger partial charge on any atom is 0.258 e. The Hall–Kier alpha value is -2.33. The van der Waals surface area contributed by atoms with Crippen molar-refractivity contribution in [2.24, 2.45) is 5.84 Å². The lowest BCUT2D eigenvalue weighted by Crippen LogP contribution is -2.44. The molecular weight excluding hydrogens is 272 g/mol. The molecule has 0 spiro atoms. The van der Waals surface area contributed by atoms with Gasteiger partial charge in [0.2, 0.25) is 11.9 Å². The van der Waals surface area contributed by atoms with E-state index in [4.69, 9.17) is 5.84 Å². The van der Waals surface area contributed by atoms with E-state index < -0.39 is 0 Å². The summed E-state index contributed by atoms with van der Waals surface area (Å²) in [6.45, 7) is 4.88. The van der Waals surface area contributed by atoms with Gasteiger partial charge in [0.05, 0.1) is 0 Å². The van der Waals surface area contributed by atoms with Crippen LogP contribution in [-0.4, -0.2) is 60.8 Å². The number of rotatable bonds is 6. The summed E-state index contributed by atoms with van der Waals surface area (Å²) in [6, 6.07) is 0. The third kappa shape index (κ3) is 3.61. The number of nitrogen functional groups attached to an aromatic ring is 1. The quantitative estimate of drug-likeness (QED) is 0.477. The molecule has 0 unspecified atom stereocenters. The molecule has 0 aliphatic rings. The maximum atomic E-state index is 5.39. The first kappa shape index (κ1) is 15.1. The Morgan fingerprint density at radius 2 is 1.95 bits per heavy atom. The molecule has 2 aromatic rings. The highest BCUT2D eigenvalue weighted by atomic mass is 15.4. The number of nitrogens with two attached hydrogens (primary N) is 1. The summed E-state index contributed by atoms with van der Waals surface area (Å²) in [6.07, 6.45) is 2.91.